The average molecular weight is 540 g/mol. The molecule has 0 saturated carbocycles. The molecule has 1 fully saturated rings. The van der Waals surface area contributed by atoms with E-state index in [1.54, 1.807) is 49.2 Å². The summed E-state index contributed by atoms with van der Waals surface area (Å²) in [6, 6.07) is 7.78. The standard InChI is InChI=1S/C23H27Cl2N5O4S/c1-13-21(26)16(8-9-30(13)23(31)15-6-5-7-18(34-3)20(15)25)22(27-2)17-10-14(11-19(24)29-17)12-28-35(4,32)33/h5-7,10-11,13,26-28H,8-9,12H2,1-4H3/b22-16-,26-21?. The van der Waals surface area contributed by atoms with E-state index >= 15 is 0 Å². The first kappa shape index (κ1) is 26.9. The molecule has 3 N–H and O–H groups in total. The van der Waals surface area contributed by atoms with Crippen molar-refractivity contribution in [2.24, 2.45) is 0 Å². The predicted octanol–water partition coefficient (Wildman–Crippen LogP) is 3.33. The van der Waals surface area contributed by atoms with Gasteiger partial charge < -0.3 is 20.4 Å². The number of likely N-dealkylation sites (tertiary alicyclic amines) is 1. The SMILES string of the molecule is CN/C(=C1/CCN(C(=O)c2cccc(OC)c2Cl)C(C)C1=N)c1cc(CNS(C)(=O)=O)cc(Cl)n1. The first-order valence-corrected chi connectivity index (χ1v) is 13.4. The molecular formula is C23H27Cl2N5O4S. The number of nitrogens with one attached hydrogen (secondary N) is 3. The summed E-state index contributed by atoms with van der Waals surface area (Å²) in [7, 11) is -0.188. The van der Waals surface area contributed by atoms with Crippen molar-refractivity contribution in [3.05, 3.63) is 62.9 Å². The summed E-state index contributed by atoms with van der Waals surface area (Å²) in [5, 5.41) is 12.4. The van der Waals surface area contributed by atoms with Gasteiger partial charge in [0.05, 0.1) is 47.1 Å². The number of rotatable bonds is 7. The largest absolute Gasteiger partial charge is 0.495 e. The summed E-state index contributed by atoms with van der Waals surface area (Å²) < 4.78 is 30.6. The topological polar surface area (TPSA) is 124 Å². The number of aromatic nitrogens is 1. The number of hydrogen-bond donors (Lipinski definition) is 3. The van der Waals surface area contributed by atoms with Crippen molar-refractivity contribution in [1.82, 2.24) is 19.9 Å². The maximum Gasteiger partial charge on any atom is 0.256 e. The second kappa shape index (κ2) is 10.9. The molecule has 1 atom stereocenters. The van der Waals surface area contributed by atoms with Gasteiger partial charge in [0.15, 0.2) is 0 Å². The quantitative estimate of drug-likeness (QED) is 0.463. The summed E-state index contributed by atoms with van der Waals surface area (Å²) in [6.45, 7) is 2.20. The Labute approximate surface area is 215 Å². The number of piperidine rings is 1. The molecule has 1 unspecified atom stereocenters. The van der Waals surface area contributed by atoms with Gasteiger partial charge in [-0.2, -0.15) is 0 Å². The van der Waals surface area contributed by atoms with Crippen LogP contribution in [0, 0.1) is 5.41 Å². The average Bonchev–Trinajstić information content (AvgIpc) is 2.80. The summed E-state index contributed by atoms with van der Waals surface area (Å²) in [6.07, 6.45) is 1.48. The molecule has 188 valence electrons. The molecule has 3 rings (SSSR count). The molecule has 1 saturated heterocycles. The van der Waals surface area contributed by atoms with Crippen molar-refractivity contribution >= 4 is 50.5 Å². The molecule has 1 aliphatic rings. The molecule has 35 heavy (non-hydrogen) atoms. The Morgan fingerprint density at radius 2 is 2.03 bits per heavy atom. The van der Waals surface area contributed by atoms with Gasteiger partial charge in [-0.1, -0.05) is 29.3 Å². The maximum absolute atomic E-state index is 13.3. The zero-order valence-electron chi connectivity index (χ0n) is 19.8. The van der Waals surface area contributed by atoms with E-state index in [2.05, 4.69) is 15.0 Å². The molecule has 0 aliphatic carbocycles. The predicted molar refractivity (Wildman–Crippen MR) is 138 cm³/mol. The summed E-state index contributed by atoms with van der Waals surface area (Å²) in [5.74, 6) is 0.120. The summed E-state index contributed by atoms with van der Waals surface area (Å²) in [5.41, 5.74) is 2.96. The Bertz CT molecular complexity index is 1300. The van der Waals surface area contributed by atoms with Crippen LogP contribution in [0.3, 0.4) is 0 Å². The van der Waals surface area contributed by atoms with Gasteiger partial charge in [0, 0.05) is 25.7 Å². The minimum Gasteiger partial charge on any atom is -0.495 e. The highest BCUT2D eigenvalue weighted by Gasteiger charge is 2.33. The summed E-state index contributed by atoms with van der Waals surface area (Å²) in [4.78, 5) is 19.3. The molecular weight excluding hydrogens is 513 g/mol. The number of halogens is 2. The molecule has 2 heterocycles. The van der Waals surface area contributed by atoms with Crippen LogP contribution in [0.25, 0.3) is 5.70 Å². The zero-order chi connectivity index (χ0) is 25.9. The minimum absolute atomic E-state index is 0.0534. The molecule has 12 heteroatoms. The van der Waals surface area contributed by atoms with Crippen LogP contribution < -0.4 is 14.8 Å². The fraction of sp³-hybridized carbons (Fsp3) is 0.348. The fourth-order valence-corrected chi connectivity index (χ4v) is 4.87. The van der Waals surface area contributed by atoms with Crippen LogP contribution in [0.2, 0.25) is 10.2 Å². The smallest absolute Gasteiger partial charge is 0.256 e. The van der Waals surface area contributed by atoms with Gasteiger partial charge in [-0.05, 0) is 43.2 Å². The Kier molecular flexibility index (Phi) is 8.42. The maximum atomic E-state index is 13.3. The van der Waals surface area contributed by atoms with E-state index in [0.29, 0.717) is 46.8 Å². The molecule has 0 radical (unpaired) electrons. The van der Waals surface area contributed by atoms with Gasteiger partial charge in [0.25, 0.3) is 5.91 Å². The number of methoxy groups -OCH3 is 1. The number of ether oxygens (including phenoxy) is 1. The summed E-state index contributed by atoms with van der Waals surface area (Å²) >= 11 is 12.6. The number of carbonyl (C=O) groups excluding carboxylic acids is 1. The molecule has 1 aromatic carbocycles. The Morgan fingerprint density at radius 1 is 1.31 bits per heavy atom. The Balaban J connectivity index is 1.92. The van der Waals surface area contributed by atoms with E-state index in [9.17, 15) is 13.2 Å². The van der Waals surface area contributed by atoms with Crippen LogP contribution in [-0.2, 0) is 16.6 Å². The molecule has 1 amide bonds. The molecule has 0 spiro atoms. The van der Waals surface area contributed by atoms with Crippen molar-refractivity contribution in [1.29, 1.82) is 5.41 Å². The van der Waals surface area contributed by atoms with Crippen LogP contribution in [0.15, 0.2) is 35.9 Å². The third kappa shape index (κ3) is 6.13. The van der Waals surface area contributed by atoms with Gasteiger partial charge in [-0.25, -0.2) is 18.1 Å². The van der Waals surface area contributed by atoms with E-state index in [0.717, 1.165) is 6.26 Å². The lowest BCUT2D eigenvalue weighted by atomic mass is 9.91. The lowest BCUT2D eigenvalue weighted by Gasteiger charge is -2.36. The van der Waals surface area contributed by atoms with E-state index in [-0.39, 0.29) is 28.3 Å². The van der Waals surface area contributed by atoms with Crippen LogP contribution in [0.1, 0.15) is 35.0 Å². The molecule has 2 aromatic rings. The van der Waals surface area contributed by atoms with Crippen molar-refractivity contribution < 1.29 is 17.9 Å². The third-order valence-electron chi connectivity index (χ3n) is 5.69. The van der Waals surface area contributed by atoms with Gasteiger partial charge in [-0.3, -0.25) is 4.79 Å². The normalized spacial score (nSPS) is 17.8. The van der Waals surface area contributed by atoms with E-state index in [1.165, 1.54) is 7.11 Å². The van der Waals surface area contributed by atoms with Gasteiger partial charge in [-0.15, -0.1) is 0 Å². The lowest BCUT2D eigenvalue weighted by Crippen LogP contribution is -2.48. The fourth-order valence-electron chi connectivity index (χ4n) is 3.92. The number of amides is 1. The second-order valence-corrected chi connectivity index (χ2v) is 10.6. The molecule has 0 bridgehead atoms. The van der Waals surface area contributed by atoms with Crippen LogP contribution in [0.5, 0.6) is 5.75 Å². The highest BCUT2D eigenvalue weighted by molar-refractivity contribution is 7.88. The Hall–Kier alpha value is -2.66. The van der Waals surface area contributed by atoms with E-state index < -0.39 is 16.1 Å². The highest BCUT2D eigenvalue weighted by Crippen LogP contribution is 2.32. The van der Waals surface area contributed by atoms with E-state index in [1.807, 2.05) is 0 Å². The number of pyridine rings is 1. The monoisotopic (exact) mass is 539 g/mol. The molecule has 1 aromatic heterocycles. The second-order valence-electron chi connectivity index (χ2n) is 8.04. The Morgan fingerprint density at radius 3 is 2.66 bits per heavy atom. The first-order valence-electron chi connectivity index (χ1n) is 10.7. The lowest BCUT2D eigenvalue weighted by molar-refractivity contribution is 0.0728. The number of carbonyl (C=O) groups is 1. The van der Waals surface area contributed by atoms with Crippen molar-refractivity contribution in [3.63, 3.8) is 0 Å². The molecule has 1 aliphatic heterocycles. The van der Waals surface area contributed by atoms with E-state index in [4.69, 9.17) is 33.3 Å². The number of hydrogen-bond acceptors (Lipinski definition) is 7. The van der Waals surface area contributed by atoms with Gasteiger partial charge in [0.1, 0.15) is 10.9 Å². The number of benzene rings is 1. The molecule has 9 nitrogen and oxygen atoms in total. The first-order chi connectivity index (χ1) is 16.5. The van der Waals surface area contributed by atoms with Gasteiger partial charge in [0.2, 0.25) is 10.0 Å². The number of sulfonamides is 1. The minimum atomic E-state index is -3.39. The number of nitrogens with zero attached hydrogens (tertiary/aromatic N) is 2. The van der Waals surface area contributed by atoms with Crippen molar-refractivity contribution in [3.8, 4) is 5.75 Å². The highest BCUT2D eigenvalue weighted by atomic mass is 35.5. The van der Waals surface area contributed by atoms with Crippen molar-refractivity contribution in [2.75, 3.05) is 27.0 Å². The zero-order valence-corrected chi connectivity index (χ0v) is 22.1. The van der Waals surface area contributed by atoms with Crippen LogP contribution >= 0.6 is 23.2 Å². The third-order valence-corrected chi connectivity index (χ3v) is 6.94. The van der Waals surface area contributed by atoms with Gasteiger partial charge >= 0.3 is 0 Å². The van der Waals surface area contributed by atoms with Crippen molar-refractivity contribution in [2.45, 2.75) is 25.9 Å². The van der Waals surface area contributed by atoms with Crippen LogP contribution in [0.4, 0.5) is 0 Å². The van der Waals surface area contributed by atoms with Crippen LogP contribution in [-0.4, -0.2) is 62.9 Å².